The lowest BCUT2D eigenvalue weighted by Gasteiger charge is -2.13. The fraction of sp³-hybridized carbons (Fsp3) is 0. The Hall–Kier alpha value is -7.43. The van der Waals surface area contributed by atoms with Crippen molar-refractivity contribution in [2.24, 2.45) is 0 Å². The molecule has 256 valence electrons. The Morgan fingerprint density at radius 2 is 0.855 bits per heavy atom. The quantitative estimate of drug-likeness (QED) is 0.179. The first-order valence-corrected chi connectivity index (χ1v) is 18.5. The zero-order valence-electron chi connectivity index (χ0n) is 29.6. The third kappa shape index (κ3) is 5.26. The van der Waals surface area contributed by atoms with E-state index in [9.17, 15) is 0 Å². The average Bonchev–Trinajstić information content (AvgIpc) is 3.64. The number of benzene rings is 9. The fourth-order valence-corrected chi connectivity index (χ4v) is 8.08. The lowest BCUT2D eigenvalue weighted by molar-refractivity contribution is 0.669. The number of furan rings is 1. The summed E-state index contributed by atoms with van der Waals surface area (Å²) < 4.78 is 6.70. The van der Waals surface area contributed by atoms with Gasteiger partial charge in [0.05, 0.1) is 0 Å². The number of hydrogen-bond donors (Lipinski definition) is 0. The highest BCUT2D eigenvalue weighted by atomic mass is 16.3. The summed E-state index contributed by atoms with van der Waals surface area (Å²) in [5.74, 6) is 1.91. The topological polar surface area (TPSA) is 51.8 Å². The zero-order valence-corrected chi connectivity index (χ0v) is 29.6. The molecule has 2 heterocycles. The summed E-state index contributed by atoms with van der Waals surface area (Å²) in [6.45, 7) is 0. The molecule has 0 amide bonds. The number of fused-ring (bicyclic) bond motifs is 7. The van der Waals surface area contributed by atoms with Crippen molar-refractivity contribution in [3.05, 3.63) is 188 Å². The van der Waals surface area contributed by atoms with E-state index in [0.29, 0.717) is 17.5 Å². The van der Waals surface area contributed by atoms with Crippen LogP contribution in [-0.2, 0) is 0 Å². The van der Waals surface area contributed by atoms with Crippen LogP contribution in [0.1, 0.15) is 0 Å². The highest BCUT2D eigenvalue weighted by Crippen LogP contribution is 2.42. The maximum Gasteiger partial charge on any atom is 0.164 e. The number of hydrogen-bond acceptors (Lipinski definition) is 4. The molecule has 0 radical (unpaired) electrons. The minimum absolute atomic E-state index is 0.633. The van der Waals surface area contributed by atoms with Crippen LogP contribution in [0.4, 0.5) is 0 Å². The van der Waals surface area contributed by atoms with E-state index in [0.717, 1.165) is 65.9 Å². The largest absolute Gasteiger partial charge is 0.456 e. The van der Waals surface area contributed by atoms with E-state index in [1.165, 1.54) is 27.3 Å². The standard InChI is InChI=1S/C51H31N3O/c1-3-14-33(15-4-1)45-31-47-48(42-22-12-11-21-41(42)45)44-26-25-36(30-46(44)55-47)38-27-28-43(40-20-10-9-19-39(38)40)51-53-49(34-16-5-2-6-17-34)52-50(54-51)37-24-23-32-13-7-8-18-35(32)29-37/h1-31H. The van der Waals surface area contributed by atoms with Crippen molar-refractivity contribution in [1.29, 1.82) is 0 Å². The number of rotatable bonds is 5. The van der Waals surface area contributed by atoms with Gasteiger partial charge in [-0.2, -0.15) is 0 Å². The molecule has 4 nitrogen and oxygen atoms in total. The minimum Gasteiger partial charge on any atom is -0.456 e. The van der Waals surface area contributed by atoms with Gasteiger partial charge < -0.3 is 4.42 Å². The Kier molecular flexibility index (Phi) is 7.14. The molecule has 0 aliphatic heterocycles. The van der Waals surface area contributed by atoms with Gasteiger partial charge in [-0.3, -0.25) is 0 Å². The molecule has 0 aliphatic rings. The molecule has 0 bridgehead atoms. The van der Waals surface area contributed by atoms with Gasteiger partial charge in [-0.1, -0.05) is 158 Å². The molecule has 0 N–H and O–H groups in total. The summed E-state index contributed by atoms with van der Waals surface area (Å²) in [4.78, 5) is 15.2. The molecule has 0 aliphatic carbocycles. The lowest BCUT2D eigenvalue weighted by Crippen LogP contribution is -2.00. The van der Waals surface area contributed by atoms with Crippen molar-refractivity contribution in [2.75, 3.05) is 0 Å². The van der Waals surface area contributed by atoms with Gasteiger partial charge in [0, 0.05) is 27.5 Å². The molecular formula is C51H31N3O. The van der Waals surface area contributed by atoms with Crippen LogP contribution in [0.2, 0.25) is 0 Å². The fourth-order valence-electron chi connectivity index (χ4n) is 8.08. The predicted octanol–water partition coefficient (Wildman–Crippen LogP) is 13.6. The molecule has 0 saturated carbocycles. The summed E-state index contributed by atoms with van der Waals surface area (Å²) in [7, 11) is 0. The highest BCUT2D eigenvalue weighted by molar-refractivity contribution is 6.22. The Bertz CT molecular complexity index is 3260. The Labute approximate surface area is 317 Å². The van der Waals surface area contributed by atoms with Crippen molar-refractivity contribution in [3.8, 4) is 56.4 Å². The third-order valence-corrected chi connectivity index (χ3v) is 10.7. The Morgan fingerprint density at radius 3 is 1.62 bits per heavy atom. The molecule has 9 aromatic carbocycles. The minimum atomic E-state index is 0.633. The van der Waals surface area contributed by atoms with Crippen molar-refractivity contribution in [1.82, 2.24) is 15.0 Å². The Balaban J connectivity index is 1.07. The van der Waals surface area contributed by atoms with E-state index >= 15 is 0 Å². The molecule has 11 rings (SSSR count). The van der Waals surface area contributed by atoms with Crippen molar-refractivity contribution in [2.45, 2.75) is 0 Å². The van der Waals surface area contributed by atoms with Gasteiger partial charge in [0.1, 0.15) is 11.2 Å². The van der Waals surface area contributed by atoms with Crippen molar-refractivity contribution >= 4 is 54.3 Å². The lowest BCUT2D eigenvalue weighted by atomic mass is 9.93. The molecule has 0 saturated heterocycles. The summed E-state index contributed by atoms with van der Waals surface area (Å²) in [5, 5.41) is 9.15. The van der Waals surface area contributed by atoms with Crippen LogP contribution in [0.25, 0.3) is 111 Å². The normalized spacial score (nSPS) is 11.6. The number of aromatic nitrogens is 3. The summed E-state index contributed by atoms with van der Waals surface area (Å²) in [6, 6.07) is 65.7. The van der Waals surface area contributed by atoms with E-state index in [4.69, 9.17) is 19.4 Å². The first kappa shape index (κ1) is 31.1. The SMILES string of the molecule is c1ccc(-c2nc(-c3ccc4ccccc4c3)nc(-c3ccc(-c4ccc5c(c4)oc4cc(-c6ccccc6)c6ccccc6c45)c4ccccc34)n2)cc1. The molecule has 2 aromatic heterocycles. The first-order valence-electron chi connectivity index (χ1n) is 18.5. The molecule has 0 atom stereocenters. The molecule has 4 heteroatoms. The van der Waals surface area contributed by atoms with Crippen LogP contribution in [0.15, 0.2) is 192 Å². The smallest absolute Gasteiger partial charge is 0.164 e. The summed E-state index contributed by atoms with van der Waals surface area (Å²) in [6.07, 6.45) is 0. The molecule has 11 aromatic rings. The maximum atomic E-state index is 6.70. The second-order valence-electron chi connectivity index (χ2n) is 14.0. The van der Waals surface area contributed by atoms with Crippen LogP contribution >= 0.6 is 0 Å². The van der Waals surface area contributed by atoms with E-state index in [1.54, 1.807) is 0 Å². The van der Waals surface area contributed by atoms with Crippen molar-refractivity contribution < 1.29 is 4.42 Å². The number of nitrogens with zero attached hydrogens (tertiary/aromatic N) is 3. The van der Waals surface area contributed by atoms with Gasteiger partial charge in [-0.05, 0) is 84.9 Å². The summed E-state index contributed by atoms with van der Waals surface area (Å²) in [5.41, 5.74) is 9.12. The summed E-state index contributed by atoms with van der Waals surface area (Å²) >= 11 is 0. The second kappa shape index (κ2) is 12.6. The second-order valence-corrected chi connectivity index (χ2v) is 14.0. The van der Waals surface area contributed by atoms with Gasteiger partial charge in [0.15, 0.2) is 17.5 Å². The van der Waals surface area contributed by atoms with Crippen LogP contribution in [0, 0.1) is 0 Å². The van der Waals surface area contributed by atoms with E-state index in [2.05, 4.69) is 158 Å². The Morgan fingerprint density at radius 1 is 0.291 bits per heavy atom. The van der Waals surface area contributed by atoms with Gasteiger partial charge in [-0.15, -0.1) is 0 Å². The third-order valence-electron chi connectivity index (χ3n) is 10.7. The van der Waals surface area contributed by atoms with E-state index in [-0.39, 0.29) is 0 Å². The molecular weight excluding hydrogens is 671 g/mol. The average molecular weight is 702 g/mol. The zero-order chi connectivity index (χ0) is 36.3. The van der Waals surface area contributed by atoms with Crippen LogP contribution < -0.4 is 0 Å². The molecule has 0 spiro atoms. The van der Waals surface area contributed by atoms with Gasteiger partial charge in [0.2, 0.25) is 0 Å². The van der Waals surface area contributed by atoms with E-state index < -0.39 is 0 Å². The highest BCUT2D eigenvalue weighted by Gasteiger charge is 2.19. The maximum absolute atomic E-state index is 6.70. The molecule has 0 unspecified atom stereocenters. The molecule has 55 heavy (non-hydrogen) atoms. The van der Waals surface area contributed by atoms with Crippen molar-refractivity contribution in [3.63, 3.8) is 0 Å². The van der Waals surface area contributed by atoms with Crippen LogP contribution in [0.3, 0.4) is 0 Å². The van der Waals surface area contributed by atoms with Crippen LogP contribution in [-0.4, -0.2) is 15.0 Å². The van der Waals surface area contributed by atoms with Gasteiger partial charge in [0.25, 0.3) is 0 Å². The monoisotopic (exact) mass is 701 g/mol. The predicted molar refractivity (Wildman–Crippen MR) is 227 cm³/mol. The van der Waals surface area contributed by atoms with Gasteiger partial charge >= 0.3 is 0 Å². The van der Waals surface area contributed by atoms with E-state index in [1.807, 2.05) is 30.3 Å². The van der Waals surface area contributed by atoms with Crippen LogP contribution in [0.5, 0.6) is 0 Å². The van der Waals surface area contributed by atoms with Gasteiger partial charge in [-0.25, -0.2) is 15.0 Å². The first-order chi connectivity index (χ1) is 27.2. The molecule has 0 fully saturated rings.